The molecule has 0 fully saturated rings. The van der Waals surface area contributed by atoms with Crippen LogP contribution in [0.2, 0.25) is 0 Å². The van der Waals surface area contributed by atoms with Crippen molar-refractivity contribution in [3.05, 3.63) is 57.2 Å². The van der Waals surface area contributed by atoms with E-state index in [1.54, 1.807) is 14.2 Å². The molecule has 30 heavy (non-hydrogen) atoms. The van der Waals surface area contributed by atoms with Crippen LogP contribution in [0.1, 0.15) is 18.1 Å². The maximum atomic E-state index is 9.10. The molecule has 0 radical (unpaired) electrons. The number of rotatable bonds is 8. The van der Waals surface area contributed by atoms with Crippen LogP contribution in [-0.2, 0) is 22.4 Å². The lowest BCUT2D eigenvalue weighted by Gasteiger charge is -2.25. The average Bonchev–Trinajstić information content (AvgIpc) is 2.73. The van der Waals surface area contributed by atoms with Crippen LogP contribution in [-0.4, -0.2) is 60.9 Å². The first-order chi connectivity index (χ1) is 14.2. The third-order valence-corrected chi connectivity index (χ3v) is 5.66. The quantitative estimate of drug-likeness (QED) is 0.399. The van der Waals surface area contributed by atoms with Gasteiger partial charge in [0, 0.05) is 16.2 Å². The summed E-state index contributed by atoms with van der Waals surface area (Å²) in [7, 11) is 5.54. The Morgan fingerprint density at radius 2 is 1.63 bits per heavy atom. The summed E-state index contributed by atoms with van der Waals surface area (Å²) in [5.74, 6) is -2.07. The van der Waals surface area contributed by atoms with Crippen molar-refractivity contribution in [1.29, 1.82) is 0 Å². The van der Waals surface area contributed by atoms with Crippen molar-refractivity contribution >= 4 is 34.5 Å². The van der Waals surface area contributed by atoms with Gasteiger partial charge >= 0.3 is 11.9 Å². The van der Waals surface area contributed by atoms with Gasteiger partial charge in [-0.1, -0.05) is 24.3 Å². The highest BCUT2D eigenvalue weighted by atomic mass is 127. The predicted octanol–water partition coefficient (Wildman–Crippen LogP) is 3.57. The zero-order valence-corrected chi connectivity index (χ0v) is 19.8. The predicted molar refractivity (Wildman–Crippen MR) is 123 cm³/mol. The standard InChI is InChI=1S/C20H26INO2.C2H2O4/c1-15(13-17-7-5-6-8-18(17)21)22(2)12-11-16-9-10-19(23-3)20(14-16)24-4;3-1(4)2(5)6/h5-10,14-15H,11-13H2,1-4H3;(H,3,4)(H,5,6). The second kappa shape index (κ2) is 13.1. The molecule has 1 atom stereocenters. The van der Waals surface area contributed by atoms with Crippen molar-refractivity contribution < 1.29 is 29.3 Å². The number of hydrogen-bond donors (Lipinski definition) is 2. The van der Waals surface area contributed by atoms with Crippen LogP contribution in [0.25, 0.3) is 0 Å². The molecule has 0 saturated carbocycles. The largest absolute Gasteiger partial charge is 0.493 e. The Labute approximate surface area is 190 Å². The molecule has 2 aromatic rings. The summed E-state index contributed by atoms with van der Waals surface area (Å²) in [6.45, 7) is 3.30. The SMILES string of the molecule is COc1ccc(CCN(C)C(C)Cc2ccccc2I)cc1OC.O=C(O)C(=O)O. The van der Waals surface area contributed by atoms with E-state index in [1.807, 2.05) is 6.07 Å². The fraction of sp³-hybridized carbons (Fsp3) is 0.364. The van der Waals surface area contributed by atoms with E-state index >= 15 is 0 Å². The number of carboxylic acids is 2. The highest BCUT2D eigenvalue weighted by Crippen LogP contribution is 2.27. The first-order valence-corrected chi connectivity index (χ1v) is 10.4. The molecule has 0 aliphatic heterocycles. The monoisotopic (exact) mass is 529 g/mol. The van der Waals surface area contributed by atoms with Gasteiger partial charge in [0.15, 0.2) is 11.5 Å². The van der Waals surface area contributed by atoms with Crippen LogP contribution in [0.15, 0.2) is 42.5 Å². The highest BCUT2D eigenvalue weighted by Gasteiger charge is 2.12. The summed E-state index contributed by atoms with van der Waals surface area (Å²) in [4.78, 5) is 20.6. The molecule has 2 aromatic carbocycles. The molecule has 0 amide bonds. The number of ether oxygens (including phenoxy) is 2. The minimum Gasteiger partial charge on any atom is -0.493 e. The fourth-order valence-electron chi connectivity index (χ4n) is 2.70. The Morgan fingerprint density at radius 1 is 1.03 bits per heavy atom. The Hall–Kier alpha value is -2.33. The van der Waals surface area contributed by atoms with Crippen molar-refractivity contribution in [1.82, 2.24) is 4.90 Å². The molecule has 7 nitrogen and oxygen atoms in total. The van der Waals surface area contributed by atoms with Gasteiger partial charge in [-0.15, -0.1) is 0 Å². The van der Waals surface area contributed by atoms with E-state index in [2.05, 4.69) is 77.9 Å². The number of carboxylic acid groups (broad SMARTS) is 2. The summed E-state index contributed by atoms with van der Waals surface area (Å²) in [5, 5.41) is 14.8. The van der Waals surface area contributed by atoms with Gasteiger partial charge in [-0.25, -0.2) is 9.59 Å². The number of aliphatic carboxylic acids is 2. The van der Waals surface area contributed by atoms with E-state index < -0.39 is 11.9 Å². The Bertz CT molecular complexity index is 830. The van der Waals surface area contributed by atoms with Crippen molar-refractivity contribution in [2.24, 2.45) is 0 Å². The molecular weight excluding hydrogens is 501 g/mol. The zero-order valence-electron chi connectivity index (χ0n) is 17.6. The van der Waals surface area contributed by atoms with E-state index in [4.69, 9.17) is 29.3 Å². The molecule has 2 N–H and O–H groups in total. The lowest BCUT2D eigenvalue weighted by Crippen LogP contribution is -2.32. The van der Waals surface area contributed by atoms with Gasteiger partial charge in [-0.05, 0) is 78.7 Å². The first-order valence-electron chi connectivity index (χ1n) is 9.30. The maximum absolute atomic E-state index is 9.10. The van der Waals surface area contributed by atoms with E-state index in [0.29, 0.717) is 6.04 Å². The topological polar surface area (TPSA) is 96.3 Å². The number of benzene rings is 2. The molecule has 0 aliphatic carbocycles. The van der Waals surface area contributed by atoms with Crippen molar-refractivity contribution in [3.63, 3.8) is 0 Å². The van der Waals surface area contributed by atoms with Gasteiger partial charge in [0.1, 0.15) is 0 Å². The van der Waals surface area contributed by atoms with E-state index in [9.17, 15) is 0 Å². The smallest absolute Gasteiger partial charge is 0.414 e. The van der Waals surface area contributed by atoms with Gasteiger partial charge in [-0.3, -0.25) is 0 Å². The third kappa shape index (κ3) is 8.58. The number of likely N-dealkylation sites (N-methyl/N-ethyl adjacent to an activating group) is 1. The second-order valence-electron chi connectivity index (χ2n) is 6.67. The Morgan fingerprint density at radius 3 is 2.17 bits per heavy atom. The molecule has 164 valence electrons. The number of nitrogens with zero attached hydrogens (tertiary/aromatic N) is 1. The van der Waals surface area contributed by atoms with Crippen LogP contribution in [0, 0.1) is 3.57 Å². The Kier molecular flexibility index (Phi) is 11.2. The number of carbonyl (C=O) groups is 2. The molecule has 0 aliphatic rings. The van der Waals surface area contributed by atoms with E-state index in [1.165, 1.54) is 14.7 Å². The van der Waals surface area contributed by atoms with Crippen LogP contribution in [0.5, 0.6) is 11.5 Å². The lowest BCUT2D eigenvalue weighted by molar-refractivity contribution is -0.159. The van der Waals surface area contributed by atoms with Gasteiger partial charge in [0.2, 0.25) is 0 Å². The average molecular weight is 529 g/mol. The molecule has 0 aromatic heterocycles. The first kappa shape index (κ1) is 25.7. The Balaban J connectivity index is 0.000000656. The molecule has 0 spiro atoms. The fourth-order valence-corrected chi connectivity index (χ4v) is 3.31. The molecule has 2 rings (SSSR count). The minimum atomic E-state index is -1.82. The normalized spacial score (nSPS) is 11.3. The van der Waals surface area contributed by atoms with Crippen molar-refractivity contribution in [2.75, 3.05) is 27.8 Å². The third-order valence-electron chi connectivity index (χ3n) is 4.61. The number of hydrogen-bond acceptors (Lipinski definition) is 5. The van der Waals surface area contributed by atoms with Gasteiger partial charge in [0.05, 0.1) is 14.2 Å². The van der Waals surface area contributed by atoms with Crippen LogP contribution in [0.4, 0.5) is 0 Å². The maximum Gasteiger partial charge on any atom is 0.414 e. The summed E-state index contributed by atoms with van der Waals surface area (Å²) in [5.41, 5.74) is 2.68. The van der Waals surface area contributed by atoms with Gasteiger partial charge in [-0.2, -0.15) is 0 Å². The summed E-state index contributed by atoms with van der Waals surface area (Å²) in [6, 6.07) is 15.3. The summed E-state index contributed by atoms with van der Waals surface area (Å²) in [6.07, 6.45) is 2.06. The van der Waals surface area contributed by atoms with E-state index in [-0.39, 0.29) is 0 Å². The lowest BCUT2D eigenvalue weighted by atomic mass is 10.1. The second-order valence-corrected chi connectivity index (χ2v) is 7.84. The number of methoxy groups -OCH3 is 2. The van der Waals surface area contributed by atoms with Crippen LogP contribution in [0.3, 0.4) is 0 Å². The van der Waals surface area contributed by atoms with Gasteiger partial charge < -0.3 is 24.6 Å². The minimum absolute atomic E-state index is 0.501. The molecule has 0 heterocycles. The molecule has 1 unspecified atom stereocenters. The van der Waals surface area contributed by atoms with Crippen molar-refractivity contribution in [3.8, 4) is 11.5 Å². The molecular formula is C22H28INO6. The summed E-state index contributed by atoms with van der Waals surface area (Å²) < 4.78 is 12.0. The van der Waals surface area contributed by atoms with Gasteiger partial charge in [0.25, 0.3) is 0 Å². The number of halogens is 1. The van der Waals surface area contributed by atoms with E-state index in [0.717, 1.165) is 30.9 Å². The molecule has 8 heteroatoms. The summed E-state index contributed by atoms with van der Waals surface area (Å²) >= 11 is 2.42. The highest BCUT2D eigenvalue weighted by molar-refractivity contribution is 14.1. The van der Waals surface area contributed by atoms with Crippen LogP contribution < -0.4 is 9.47 Å². The van der Waals surface area contributed by atoms with Crippen molar-refractivity contribution in [2.45, 2.75) is 25.8 Å². The molecule has 0 bridgehead atoms. The van der Waals surface area contributed by atoms with Crippen LogP contribution >= 0.6 is 22.6 Å². The molecule has 0 saturated heterocycles. The zero-order chi connectivity index (χ0) is 22.7.